The van der Waals surface area contributed by atoms with Gasteiger partial charge in [0, 0.05) is 11.6 Å². The lowest BCUT2D eigenvalue weighted by Gasteiger charge is -2.20. The number of carbonyl (C=O) groups excluding carboxylic acids is 3. The number of rotatable bonds is 5. The Morgan fingerprint density at radius 3 is 2.53 bits per heavy atom. The normalized spacial score (nSPS) is 20.1. The van der Waals surface area contributed by atoms with Crippen LogP contribution < -0.4 is 10.2 Å². The molecule has 0 spiro atoms. The highest BCUT2D eigenvalue weighted by molar-refractivity contribution is 6.32. The maximum Gasteiger partial charge on any atom is 0.263 e. The number of amides is 3. The number of aryl methyl sites for hydroxylation is 2. The lowest BCUT2D eigenvalue weighted by molar-refractivity contribution is -0.125. The minimum atomic E-state index is -0.956. The van der Waals surface area contributed by atoms with E-state index >= 15 is 0 Å². The molecule has 4 rings (SSSR count). The van der Waals surface area contributed by atoms with Gasteiger partial charge in [0.05, 0.1) is 5.69 Å². The fourth-order valence-corrected chi connectivity index (χ4v) is 3.61. The van der Waals surface area contributed by atoms with Crippen LogP contribution in [0.2, 0.25) is 5.02 Å². The van der Waals surface area contributed by atoms with Gasteiger partial charge in [-0.05, 0) is 37.1 Å². The smallest absolute Gasteiger partial charge is 0.263 e. The lowest BCUT2D eigenvalue weighted by atomic mass is 10.1. The van der Waals surface area contributed by atoms with Crippen LogP contribution in [0.25, 0.3) is 0 Å². The van der Waals surface area contributed by atoms with Crippen molar-refractivity contribution in [3.05, 3.63) is 64.2 Å². The van der Waals surface area contributed by atoms with Crippen LogP contribution in [0.1, 0.15) is 16.7 Å². The molecule has 3 amide bonds. The van der Waals surface area contributed by atoms with E-state index in [9.17, 15) is 14.4 Å². The number of anilines is 1. The molecule has 30 heavy (non-hydrogen) atoms. The molecule has 2 aliphatic rings. The summed E-state index contributed by atoms with van der Waals surface area (Å²) in [5.74, 6) is -1.26. The van der Waals surface area contributed by atoms with Gasteiger partial charge >= 0.3 is 0 Å². The number of hydrogen-bond donors (Lipinski definition) is 1. The number of benzene rings is 2. The molecule has 1 N–H and O–H groups in total. The van der Waals surface area contributed by atoms with Crippen molar-refractivity contribution < 1.29 is 14.4 Å². The molecule has 0 radical (unpaired) electrons. The van der Waals surface area contributed by atoms with E-state index in [0.29, 0.717) is 17.3 Å². The maximum absolute atomic E-state index is 13.0. The Kier molecular flexibility index (Phi) is 5.26. The Morgan fingerprint density at radius 2 is 1.83 bits per heavy atom. The van der Waals surface area contributed by atoms with Gasteiger partial charge < -0.3 is 5.32 Å². The van der Waals surface area contributed by atoms with Crippen LogP contribution in [0.15, 0.2) is 52.8 Å². The molecule has 0 unspecified atom stereocenters. The third-order valence-electron chi connectivity index (χ3n) is 5.19. The second-order valence-corrected chi connectivity index (χ2v) is 7.81. The van der Waals surface area contributed by atoms with Gasteiger partial charge in [-0.15, -0.1) is 0 Å². The molecule has 2 aliphatic heterocycles. The number of hydrogen-bond acceptors (Lipinski definition) is 6. The summed E-state index contributed by atoms with van der Waals surface area (Å²) in [6.07, 6.45) is 0. The van der Waals surface area contributed by atoms with Crippen LogP contribution in [-0.2, 0) is 20.9 Å². The number of imide groups is 1. The van der Waals surface area contributed by atoms with Crippen molar-refractivity contribution in [1.82, 2.24) is 10.3 Å². The van der Waals surface area contributed by atoms with E-state index in [1.54, 1.807) is 18.2 Å². The van der Waals surface area contributed by atoms with Crippen LogP contribution >= 0.6 is 11.6 Å². The lowest BCUT2D eigenvalue weighted by Crippen LogP contribution is -2.44. The molecule has 2 heterocycles. The van der Waals surface area contributed by atoms with Crippen molar-refractivity contribution in [1.29, 1.82) is 0 Å². The topological polar surface area (TPSA) is 94.4 Å². The van der Waals surface area contributed by atoms with Crippen LogP contribution in [0, 0.1) is 13.8 Å². The van der Waals surface area contributed by atoms with Crippen molar-refractivity contribution >= 4 is 35.0 Å². The van der Waals surface area contributed by atoms with Crippen molar-refractivity contribution in [2.45, 2.75) is 32.5 Å². The first-order valence-corrected chi connectivity index (χ1v) is 9.86. The van der Waals surface area contributed by atoms with Gasteiger partial charge in [-0.2, -0.15) is 5.11 Å². The summed E-state index contributed by atoms with van der Waals surface area (Å²) in [6.45, 7) is 4.02. The second-order valence-electron chi connectivity index (χ2n) is 7.40. The highest BCUT2D eigenvalue weighted by atomic mass is 35.5. The molecular formula is C21H20ClN5O3. The minimum Gasteiger partial charge on any atom is -0.350 e. The Morgan fingerprint density at radius 1 is 1.10 bits per heavy atom. The number of halogens is 1. The fraction of sp³-hybridized carbons (Fsp3) is 0.286. The molecule has 2 aromatic carbocycles. The molecule has 0 aliphatic carbocycles. The molecule has 2 atom stereocenters. The Balaban J connectivity index is 1.43. The number of carbonyl (C=O) groups is 3. The largest absolute Gasteiger partial charge is 0.350 e. The van der Waals surface area contributed by atoms with E-state index in [1.807, 2.05) is 38.1 Å². The molecule has 2 aromatic rings. The zero-order valence-electron chi connectivity index (χ0n) is 16.5. The average Bonchev–Trinajstić information content (AvgIpc) is 3.23. The predicted octanol–water partition coefficient (Wildman–Crippen LogP) is 2.57. The minimum absolute atomic E-state index is 0.169. The van der Waals surface area contributed by atoms with Gasteiger partial charge in [-0.25, -0.2) is 4.90 Å². The third kappa shape index (κ3) is 3.66. The molecular weight excluding hydrogens is 406 g/mol. The Hall–Kier alpha value is -3.26. The summed E-state index contributed by atoms with van der Waals surface area (Å²) >= 11 is 6.15. The first-order chi connectivity index (χ1) is 14.3. The first kappa shape index (κ1) is 20.0. The standard InChI is InChI=1S/C21H20ClN5O3/c1-12-3-6-14(7-4-12)10-23-17(28)11-26-19-18(24-25-26)20(29)27(21(19)30)15-8-5-13(2)16(22)9-15/h3-9,18-19H,10-11H2,1-2H3,(H,23,28)/t18-,19-/m0/s1. The first-order valence-electron chi connectivity index (χ1n) is 9.49. The number of nitrogens with zero attached hydrogens (tertiary/aromatic N) is 4. The van der Waals surface area contributed by atoms with Crippen molar-refractivity contribution in [3.63, 3.8) is 0 Å². The zero-order valence-corrected chi connectivity index (χ0v) is 17.3. The second kappa shape index (κ2) is 7.87. The highest BCUT2D eigenvalue weighted by Gasteiger charge is 2.55. The Labute approximate surface area is 178 Å². The quantitative estimate of drug-likeness (QED) is 0.745. The van der Waals surface area contributed by atoms with Crippen LogP contribution in [-0.4, -0.2) is 41.4 Å². The van der Waals surface area contributed by atoms with E-state index in [-0.39, 0.29) is 12.5 Å². The van der Waals surface area contributed by atoms with Crippen molar-refractivity contribution in [3.8, 4) is 0 Å². The SMILES string of the molecule is Cc1ccc(CNC(=O)CN2N=N[C@@H]3C(=O)N(c4ccc(C)c(Cl)c4)C(=O)[C@H]32)cc1. The highest BCUT2D eigenvalue weighted by Crippen LogP contribution is 2.33. The predicted molar refractivity (Wildman–Crippen MR) is 111 cm³/mol. The van der Waals surface area contributed by atoms with Crippen LogP contribution in [0.4, 0.5) is 5.69 Å². The van der Waals surface area contributed by atoms with E-state index in [1.165, 1.54) is 5.01 Å². The number of fused-ring (bicyclic) bond motifs is 1. The van der Waals surface area contributed by atoms with Gasteiger partial charge in [0.25, 0.3) is 11.8 Å². The summed E-state index contributed by atoms with van der Waals surface area (Å²) in [5.41, 5.74) is 3.32. The summed E-state index contributed by atoms with van der Waals surface area (Å²) in [4.78, 5) is 39.1. The van der Waals surface area contributed by atoms with E-state index < -0.39 is 23.9 Å². The Bertz CT molecular complexity index is 1050. The van der Waals surface area contributed by atoms with E-state index in [4.69, 9.17) is 11.6 Å². The summed E-state index contributed by atoms with van der Waals surface area (Å²) in [7, 11) is 0. The van der Waals surface area contributed by atoms with Gasteiger partial charge in [0.1, 0.15) is 6.54 Å². The molecule has 0 saturated carbocycles. The maximum atomic E-state index is 13.0. The van der Waals surface area contributed by atoms with Crippen molar-refractivity contribution in [2.75, 3.05) is 11.4 Å². The van der Waals surface area contributed by atoms with Crippen LogP contribution in [0.3, 0.4) is 0 Å². The van der Waals surface area contributed by atoms with Gasteiger partial charge in [0.2, 0.25) is 5.91 Å². The van der Waals surface area contributed by atoms with Crippen LogP contribution in [0.5, 0.6) is 0 Å². The summed E-state index contributed by atoms with van der Waals surface area (Å²) < 4.78 is 0. The van der Waals surface area contributed by atoms with Gasteiger partial charge in [0.15, 0.2) is 12.1 Å². The summed E-state index contributed by atoms with van der Waals surface area (Å²) in [6, 6.07) is 10.9. The third-order valence-corrected chi connectivity index (χ3v) is 5.59. The molecule has 1 saturated heterocycles. The monoisotopic (exact) mass is 425 g/mol. The number of nitrogens with one attached hydrogen (secondary N) is 1. The van der Waals surface area contributed by atoms with Crippen molar-refractivity contribution in [2.24, 2.45) is 10.3 Å². The van der Waals surface area contributed by atoms with Gasteiger partial charge in [-0.1, -0.05) is 52.7 Å². The zero-order chi connectivity index (χ0) is 21.4. The summed E-state index contributed by atoms with van der Waals surface area (Å²) in [5, 5.41) is 12.3. The molecule has 9 heteroatoms. The fourth-order valence-electron chi connectivity index (χ4n) is 3.44. The average molecular weight is 426 g/mol. The van der Waals surface area contributed by atoms with Gasteiger partial charge in [-0.3, -0.25) is 19.4 Å². The molecule has 154 valence electrons. The van der Waals surface area contributed by atoms with E-state index in [0.717, 1.165) is 21.6 Å². The van der Waals surface area contributed by atoms with E-state index in [2.05, 4.69) is 15.7 Å². The molecule has 8 nitrogen and oxygen atoms in total. The molecule has 0 aromatic heterocycles. The molecule has 0 bridgehead atoms. The molecule has 1 fully saturated rings.